The van der Waals surface area contributed by atoms with Gasteiger partial charge in [0.25, 0.3) is 0 Å². The molecule has 0 saturated heterocycles. The normalized spacial score (nSPS) is 18.3. The first-order valence-electron chi connectivity index (χ1n) is 11.6. The van der Waals surface area contributed by atoms with E-state index in [1.165, 1.54) is 12.1 Å². The van der Waals surface area contributed by atoms with Crippen LogP contribution in [0.2, 0.25) is 0 Å². The van der Waals surface area contributed by atoms with Gasteiger partial charge >= 0.3 is 0 Å². The zero-order valence-electron chi connectivity index (χ0n) is 18.9. The van der Waals surface area contributed by atoms with Gasteiger partial charge in [-0.05, 0) is 92.3 Å². The molecule has 0 aliphatic heterocycles. The second kappa shape index (κ2) is 10.4. The summed E-state index contributed by atoms with van der Waals surface area (Å²) in [4.78, 5) is 0. The highest BCUT2D eigenvalue weighted by atomic mass is 19.2. The third kappa shape index (κ3) is 5.01. The summed E-state index contributed by atoms with van der Waals surface area (Å²) >= 11 is 0. The molecule has 0 atom stereocenters. The monoisotopic (exact) mass is 468 g/mol. The van der Waals surface area contributed by atoms with Crippen LogP contribution in [0.1, 0.15) is 68.1 Å². The third-order valence-electron chi connectivity index (χ3n) is 6.66. The van der Waals surface area contributed by atoms with Crippen LogP contribution in [0.5, 0.6) is 0 Å². The SMILES string of the molecule is C/C=C/CCC1CCC(c2c(F)c(F)c(C#Cc3ccc4cc(F)ccc4c3)c(F)c2F)CC1. The highest BCUT2D eigenvalue weighted by molar-refractivity contribution is 5.84. The van der Waals surface area contributed by atoms with Crippen LogP contribution in [0, 0.1) is 46.8 Å². The second-order valence-corrected chi connectivity index (χ2v) is 8.86. The smallest absolute Gasteiger partial charge is 0.177 e. The lowest BCUT2D eigenvalue weighted by Crippen LogP contribution is -2.17. The summed E-state index contributed by atoms with van der Waals surface area (Å²) in [7, 11) is 0. The molecule has 176 valence electrons. The van der Waals surface area contributed by atoms with Crippen LogP contribution in [-0.2, 0) is 0 Å². The molecule has 1 aliphatic carbocycles. The second-order valence-electron chi connectivity index (χ2n) is 8.86. The zero-order valence-corrected chi connectivity index (χ0v) is 18.9. The van der Waals surface area contributed by atoms with Crippen molar-refractivity contribution in [3.05, 3.63) is 94.3 Å². The Hall–Kier alpha value is -3.13. The Balaban J connectivity index is 1.58. The number of halogens is 5. The van der Waals surface area contributed by atoms with Gasteiger partial charge in [-0.3, -0.25) is 0 Å². The Morgan fingerprint density at radius 2 is 1.44 bits per heavy atom. The predicted octanol–water partition coefficient (Wildman–Crippen LogP) is 8.57. The van der Waals surface area contributed by atoms with Crippen molar-refractivity contribution in [2.24, 2.45) is 5.92 Å². The van der Waals surface area contributed by atoms with E-state index in [2.05, 4.69) is 17.9 Å². The molecule has 0 amide bonds. The van der Waals surface area contributed by atoms with E-state index in [0.29, 0.717) is 35.1 Å². The molecule has 0 heterocycles. The van der Waals surface area contributed by atoms with E-state index >= 15 is 0 Å². The first kappa shape index (κ1) is 24.0. The molecule has 1 saturated carbocycles. The number of rotatable bonds is 4. The van der Waals surface area contributed by atoms with Gasteiger partial charge in [0.05, 0.1) is 0 Å². The van der Waals surface area contributed by atoms with E-state index in [1.807, 2.05) is 13.0 Å². The quantitative estimate of drug-likeness (QED) is 0.156. The maximum Gasteiger partial charge on any atom is 0.177 e. The Labute approximate surface area is 196 Å². The van der Waals surface area contributed by atoms with Gasteiger partial charge < -0.3 is 0 Å². The maximum atomic E-state index is 14.9. The van der Waals surface area contributed by atoms with Crippen LogP contribution in [0.25, 0.3) is 10.8 Å². The minimum Gasteiger partial charge on any atom is -0.207 e. The van der Waals surface area contributed by atoms with Crippen molar-refractivity contribution in [3.8, 4) is 11.8 Å². The summed E-state index contributed by atoms with van der Waals surface area (Å²) in [6.45, 7) is 1.96. The average Bonchev–Trinajstić information content (AvgIpc) is 2.84. The average molecular weight is 469 g/mol. The minimum absolute atomic E-state index is 0.386. The Bertz CT molecular complexity index is 1260. The molecule has 3 aromatic rings. The Kier molecular flexibility index (Phi) is 7.36. The van der Waals surface area contributed by atoms with E-state index in [1.54, 1.807) is 24.3 Å². The van der Waals surface area contributed by atoms with Crippen LogP contribution in [-0.4, -0.2) is 0 Å². The van der Waals surface area contributed by atoms with Crippen LogP contribution >= 0.6 is 0 Å². The first-order valence-corrected chi connectivity index (χ1v) is 11.6. The fourth-order valence-corrected chi connectivity index (χ4v) is 4.78. The number of hydrogen-bond acceptors (Lipinski definition) is 0. The van der Waals surface area contributed by atoms with Gasteiger partial charge in [0, 0.05) is 11.1 Å². The van der Waals surface area contributed by atoms with Gasteiger partial charge in [-0.15, -0.1) is 0 Å². The molecule has 0 bridgehead atoms. The summed E-state index contributed by atoms with van der Waals surface area (Å²) in [6.07, 6.45) is 8.59. The van der Waals surface area contributed by atoms with Crippen LogP contribution < -0.4 is 0 Å². The third-order valence-corrected chi connectivity index (χ3v) is 6.66. The number of fused-ring (bicyclic) bond motifs is 1. The van der Waals surface area contributed by atoms with Crippen molar-refractivity contribution in [2.45, 2.75) is 51.4 Å². The first-order chi connectivity index (χ1) is 16.4. The molecule has 5 heteroatoms. The molecule has 3 aromatic carbocycles. The van der Waals surface area contributed by atoms with Crippen molar-refractivity contribution in [1.29, 1.82) is 0 Å². The molecule has 0 radical (unpaired) electrons. The van der Waals surface area contributed by atoms with Crippen molar-refractivity contribution in [3.63, 3.8) is 0 Å². The van der Waals surface area contributed by atoms with Gasteiger partial charge in [-0.25, -0.2) is 22.0 Å². The summed E-state index contributed by atoms with van der Waals surface area (Å²) in [6, 6.07) is 8.99. The summed E-state index contributed by atoms with van der Waals surface area (Å²) in [5.74, 6) is -1.27. The van der Waals surface area contributed by atoms with E-state index in [-0.39, 0.29) is 5.82 Å². The fourth-order valence-electron chi connectivity index (χ4n) is 4.78. The lowest BCUT2D eigenvalue weighted by atomic mass is 9.76. The highest BCUT2D eigenvalue weighted by Gasteiger charge is 2.32. The molecule has 0 aromatic heterocycles. The van der Waals surface area contributed by atoms with Gasteiger partial charge in [-0.1, -0.05) is 36.1 Å². The van der Waals surface area contributed by atoms with E-state index in [4.69, 9.17) is 0 Å². The lowest BCUT2D eigenvalue weighted by Gasteiger charge is -2.29. The summed E-state index contributed by atoms with van der Waals surface area (Å²) < 4.78 is 72.8. The largest absolute Gasteiger partial charge is 0.207 e. The Morgan fingerprint density at radius 3 is 2.12 bits per heavy atom. The van der Waals surface area contributed by atoms with Crippen molar-refractivity contribution < 1.29 is 22.0 Å². The van der Waals surface area contributed by atoms with Gasteiger partial charge in [0.15, 0.2) is 23.3 Å². The molecule has 1 aliphatic rings. The van der Waals surface area contributed by atoms with Crippen molar-refractivity contribution in [2.75, 3.05) is 0 Å². The maximum absolute atomic E-state index is 14.9. The molecule has 0 unspecified atom stereocenters. The molecule has 0 nitrogen and oxygen atoms in total. The van der Waals surface area contributed by atoms with E-state index in [9.17, 15) is 22.0 Å². The van der Waals surface area contributed by atoms with Gasteiger partial charge in [0.1, 0.15) is 11.4 Å². The zero-order chi connectivity index (χ0) is 24.2. The Morgan fingerprint density at radius 1 is 0.794 bits per heavy atom. The van der Waals surface area contributed by atoms with Crippen LogP contribution in [0.4, 0.5) is 22.0 Å². The summed E-state index contributed by atoms with van der Waals surface area (Å²) in [5, 5.41) is 1.32. The van der Waals surface area contributed by atoms with Crippen LogP contribution in [0.3, 0.4) is 0 Å². The lowest BCUT2D eigenvalue weighted by molar-refractivity contribution is 0.298. The molecule has 0 N–H and O–H groups in total. The van der Waals surface area contributed by atoms with E-state index < -0.39 is 40.3 Å². The highest BCUT2D eigenvalue weighted by Crippen LogP contribution is 2.41. The summed E-state index contributed by atoms with van der Waals surface area (Å²) in [5.41, 5.74) is -1.03. The van der Waals surface area contributed by atoms with Gasteiger partial charge in [0.2, 0.25) is 0 Å². The predicted molar refractivity (Wildman–Crippen MR) is 125 cm³/mol. The molecule has 1 fully saturated rings. The van der Waals surface area contributed by atoms with Crippen molar-refractivity contribution in [1.82, 2.24) is 0 Å². The van der Waals surface area contributed by atoms with Crippen LogP contribution in [0.15, 0.2) is 48.6 Å². The number of allylic oxidation sites excluding steroid dienone is 2. The topological polar surface area (TPSA) is 0 Å². The fraction of sp³-hybridized carbons (Fsp3) is 0.310. The van der Waals surface area contributed by atoms with E-state index in [0.717, 1.165) is 25.7 Å². The molecular weight excluding hydrogens is 443 g/mol. The number of hydrogen-bond donors (Lipinski definition) is 0. The minimum atomic E-state index is -1.46. The standard InChI is InChI=1S/C29H25F5/c1-2-3-4-5-18-6-10-20(11-7-18)25-28(33)26(31)24(27(32)29(25)34)15-9-19-8-12-22-17-23(30)14-13-21(22)16-19/h2-3,8,12-14,16-18,20H,4-7,10-11H2,1H3/b3-2+. The number of benzene rings is 3. The van der Waals surface area contributed by atoms with Crippen molar-refractivity contribution >= 4 is 10.8 Å². The molecule has 34 heavy (non-hydrogen) atoms. The molecule has 4 rings (SSSR count). The molecular formula is C29H25F5. The molecule has 0 spiro atoms. The van der Waals surface area contributed by atoms with Gasteiger partial charge in [-0.2, -0.15) is 0 Å².